The minimum Gasteiger partial charge on any atom is -0.491 e. The van der Waals surface area contributed by atoms with Crippen LogP contribution in [0.15, 0.2) is 42.5 Å². The van der Waals surface area contributed by atoms with Gasteiger partial charge in [-0.1, -0.05) is 70.6 Å². The number of esters is 1. The van der Waals surface area contributed by atoms with Crippen LogP contribution in [0.1, 0.15) is 104 Å². The molecule has 2 aromatic rings. The highest BCUT2D eigenvalue weighted by Gasteiger charge is 2.52. The molecule has 0 aliphatic heterocycles. The predicted molar refractivity (Wildman–Crippen MR) is 144 cm³/mol. The van der Waals surface area contributed by atoms with Gasteiger partial charge in [0, 0.05) is 0 Å². The maximum atomic E-state index is 14.6. The number of benzene rings is 2. The van der Waals surface area contributed by atoms with E-state index in [1.165, 1.54) is 44.6 Å². The largest absolute Gasteiger partial charge is 0.491 e. The van der Waals surface area contributed by atoms with E-state index in [1.807, 2.05) is 30.3 Å². The van der Waals surface area contributed by atoms with Crippen LogP contribution in [-0.4, -0.2) is 12.6 Å². The van der Waals surface area contributed by atoms with Crippen LogP contribution < -0.4 is 9.47 Å². The van der Waals surface area contributed by atoms with Crippen molar-refractivity contribution in [2.24, 2.45) is 10.8 Å². The molecule has 0 saturated heterocycles. The molecular weight excluding hydrogens is 451 g/mol. The van der Waals surface area contributed by atoms with Gasteiger partial charge in [0.05, 0.1) is 12.0 Å². The third kappa shape index (κ3) is 6.30. The molecule has 3 aliphatic rings. The van der Waals surface area contributed by atoms with Crippen LogP contribution in [0.3, 0.4) is 0 Å². The standard InChI is InChI=1S/C32H43FO3/c1-3-5-6-7-8-9-23-35-29-15-12-26(24-28(29)33)25-10-13-27(14-11-25)36-30(34)32-20-17-31(16-4-2,18-21-32)19-22-32/h10-15,24H,3-9,16-23H2,1-2H3. The minimum atomic E-state index is -0.346. The summed E-state index contributed by atoms with van der Waals surface area (Å²) in [6.07, 6.45) is 15.9. The zero-order valence-electron chi connectivity index (χ0n) is 22.3. The average molecular weight is 495 g/mol. The third-order valence-corrected chi connectivity index (χ3v) is 8.70. The van der Waals surface area contributed by atoms with Crippen molar-refractivity contribution >= 4 is 5.97 Å². The first-order chi connectivity index (χ1) is 17.5. The summed E-state index contributed by atoms with van der Waals surface area (Å²) in [6.45, 7) is 5.02. The summed E-state index contributed by atoms with van der Waals surface area (Å²) in [5, 5.41) is 0. The third-order valence-electron chi connectivity index (χ3n) is 8.70. The molecule has 0 radical (unpaired) electrons. The first kappa shape index (κ1) is 26.7. The van der Waals surface area contributed by atoms with Gasteiger partial charge in [-0.15, -0.1) is 0 Å². The molecule has 0 unspecified atom stereocenters. The van der Waals surface area contributed by atoms with E-state index in [2.05, 4.69) is 13.8 Å². The van der Waals surface area contributed by atoms with Gasteiger partial charge < -0.3 is 9.47 Å². The van der Waals surface area contributed by atoms with Crippen LogP contribution in [0.25, 0.3) is 11.1 Å². The Balaban J connectivity index is 1.29. The van der Waals surface area contributed by atoms with Crippen molar-refractivity contribution in [3.05, 3.63) is 48.3 Å². The van der Waals surface area contributed by atoms with Gasteiger partial charge >= 0.3 is 5.97 Å². The molecule has 196 valence electrons. The topological polar surface area (TPSA) is 35.5 Å². The maximum Gasteiger partial charge on any atom is 0.317 e. The SMILES string of the molecule is CCCCCCCCOc1ccc(-c2ccc(OC(=O)C34CCC(CCC)(CC3)CC4)cc2)cc1F. The lowest BCUT2D eigenvalue weighted by atomic mass is 9.52. The lowest BCUT2D eigenvalue weighted by Crippen LogP contribution is -2.47. The highest BCUT2D eigenvalue weighted by molar-refractivity contribution is 5.80. The van der Waals surface area contributed by atoms with Gasteiger partial charge in [0.2, 0.25) is 0 Å². The first-order valence-corrected chi connectivity index (χ1v) is 14.2. The predicted octanol–water partition coefficient (Wildman–Crippen LogP) is 9.28. The fourth-order valence-corrected chi connectivity index (χ4v) is 6.27. The molecule has 4 heteroatoms. The molecule has 0 spiro atoms. The van der Waals surface area contributed by atoms with Gasteiger partial charge in [0.15, 0.2) is 11.6 Å². The molecule has 0 atom stereocenters. The van der Waals surface area contributed by atoms with Crippen molar-refractivity contribution in [2.45, 2.75) is 104 Å². The van der Waals surface area contributed by atoms with E-state index in [0.717, 1.165) is 62.5 Å². The number of hydrogen-bond acceptors (Lipinski definition) is 3. The zero-order chi connectivity index (χ0) is 25.4. The van der Waals surface area contributed by atoms with E-state index in [1.54, 1.807) is 6.07 Å². The first-order valence-electron chi connectivity index (χ1n) is 14.2. The number of fused-ring (bicyclic) bond motifs is 3. The molecule has 0 amide bonds. The normalized spacial score (nSPS) is 23.0. The Bertz CT molecular complexity index is 972. The molecule has 3 fully saturated rings. The highest BCUT2D eigenvalue weighted by atomic mass is 19.1. The van der Waals surface area contributed by atoms with E-state index in [9.17, 15) is 9.18 Å². The second-order valence-electron chi connectivity index (χ2n) is 11.2. The summed E-state index contributed by atoms with van der Waals surface area (Å²) in [6, 6.07) is 12.5. The Kier molecular flexibility index (Phi) is 9.09. The Morgan fingerprint density at radius 1 is 0.806 bits per heavy atom. The Morgan fingerprint density at radius 2 is 1.44 bits per heavy atom. The van der Waals surface area contributed by atoms with Crippen molar-refractivity contribution < 1.29 is 18.7 Å². The number of carbonyl (C=O) groups excluding carboxylic acids is 1. The summed E-state index contributed by atoms with van der Waals surface area (Å²) >= 11 is 0. The van der Waals surface area contributed by atoms with Crippen molar-refractivity contribution in [1.29, 1.82) is 0 Å². The van der Waals surface area contributed by atoms with Crippen molar-refractivity contribution in [3.8, 4) is 22.6 Å². The second-order valence-corrected chi connectivity index (χ2v) is 11.2. The van der Waals surface area contributed by atoms with E-state index < -0.39 is 0 Å². The van der Waals surface area contributed by atoms with Gasteiger partial charge in [-0.25, -0.2) is 4.39 Å². The summed E-state index contributed by atoms with van der Waals surface area (Å²) in [5.74, 6) is 0.452. The molecule has 5 rings (SSSR count). The summed E-state index contributed by atoms with van der Waals surface area (Å²) < 4.78 is 26.2. The minimum absolute atomic E-state index is 0.0713. The van der Waals surface area contributed by atoms with Gasteiger partial charge in [-0.2, -0.15) is 0 Å². The molecule has 36 heavy (non-hydrogen) atoms. The lowest BCUT2D eigenvalue weighted by molar-refractivity contribution is -0.156. The monoisotopic (exact) mass is 494 g/mol. The Hall–Kier alpha value is -2.36. The number of ether oxygens (including phenoxy) is 2. The molecule has 3 aliphatic carbocycles. The van der Waals surface area contributed by atoms with Gasteiger partial charge in [0.25, 0.3) is 0 Å². The Morgan fingerprint density at radius 3 is 2.08 bits per heavy atom. The Labute approximate surface area is 216 Å². The van der Waals surface area contributed by atoms with Gasteiger partial charge in [-0.3, -0.25) is 4.79 Å². The van der Waals surface area contributed by atoms with E-state index in [4.69, 9.17) is 9.47 Å². The fourth-order valence-electron chi connectivity index (χ4n) is 6.27. The second kappa shape index (κ2) is 12.3. The molecule has 3 nitrogen and oxygen atoms in total. The zero-order valence-corrected chi connectivity index (χ0v) is 22.3. The van der Waals surface area contributed by atoms with Crippen LogP contribution >= 0.6 is 0 Å². The number of halogens is 1. The fraction of sp³-hybridized carbons (Fsp3) is 0.594. The number of carbonyl (C=O) groups is 1. The van der Waals surface area contributed by atoms with Crippen LogP contribution in [0.4, 0.5) is 4.39 Å². The van der Waals surface area contributed by atoms with Crippen molar-refractivity contribution in [1.82, 2.24) is 0 Å². The molecule has 2 bridgehead atoms. The summed E-state index contributed by atoms with van der Waals surface area (Å²) in [7, 11) is 0. The lowest BCUT2D eigenvalue weighted by Gasteiger charge is -2.52. The highest BCUT2D eigenvalue weighted by Crippen LogP contribution is 2.59. The molecule has 0 heterocycles. The van der Waals surface area contributed by atoms with E-state index >= 15 is 0 Å². The number of hydrogen-bond donors (Lipinski definition) is 0. The average Bonchev–Trinajstić information content (AvgIpc) is 2.90. The van der Waals surface area contributed by atoms with Crippen LogP contribution in [0, 0.1) is 16.6 Å². The van der Waals surface area contributed by atoms with Crippen LogP contribution in [-0.2, 0) is 4.79 Å². The number of rotatable bonds is 13. The summed E-state index contributed by atoms with van der Waals surface area (Å²) in [4.78, 5) is 13.1. The van der Waals surface area contributed by atoms with E-state index in [-0.39, 0.29) is 17.2 Å². The quantitative estimate of drug-likeness (QED) is 0.158. The molecular formula is C32H43FO3. The maximum absolute atomic E-state index is 14.6. The van der Waals surface area contributed by atoms with Crippen LogP contribution in [0.5, 0.6) is 11.5 Å². The summed E-state index contributed by atoms with van der Waals surface area (Å²) in [5.41, 5.74) is 1.84. The van der Waals surface area contributed by atoms with Crippen LogP contribution in [0.2, 0.25) is 0 Å². The molecule has 0 aromatic heterocycles. The van der Waals surface area contributed by atoms with Crippen molar-refractivity contribution in [3.63, 3.8) is 0 Å². The number of unbranched alkanes of at least 4 members (excludes halogenated alkanes) is 5. The molecule has 3 saturated carbocycles. The van der Waals surface area contributed by atoms with Crippen molar-refractivity contribution in [2.75, 3.05) is 6.61 Å². The molecule has 2 aromatic carbocycles. The van der Waals surface area contributed by atoms with E-state index in [0.29, 0.717) is 23.5 Å². The molecule has 0 N–H and O–H groups in total. The van der Waals surface area contributed by atoms with Gasteiger partial charge in [0.1, 0.15) is 5.75 Å². The smallest absolute Gasteiger partial charge is 0.317 e. The van der Waals surface area contributed by atoms with Gasteiger partial charge in [-0.05, 0) is 92.2 Å².